The van der Waals surface area contributed by atoms with Crippen LogP contribution in [-0.2, 0) is 22.6 Å². The third kappa shape index (κ3) is 6.22. The fourth-order valence-corrected chi connectivity index (χ4v) is 1.71. The van der Waals surface area contributed by atoms with Gasteiger partial charge in [-0.3, -0.25) is 0 Å². The van der Waals surface area contributed by atoms with Crippen molar-refractivity contribution in [3.63, 3.8) is 0 Å². The van der Waals surface area contributed by atoms with Crippen molar-refractivity contribution in [3.05, 3.63) is 35.4 Å². The lowest BCUT2D eigenvalue weighted by Gasteiger charge is -2.05. The van der Waals surface area contributed by atoms with Crippen LogP contribution in [-0.4, -0.2) is 12.4 Å². The summed E-state index contributed by atoms with van der Waals surface area (Å²) in [5.41, 5.74) is 2.58. The molecule has 0 aliphatic rings. The molecule has 0 aliphatic heterocycles. The highest BCUT2D eigenvalue weighted by atomic mass is 16.5. The Kier molecular flexibility index (Phi) is 6.56. The minimum Gasteiger partial charge on any atom is -0.377 e. The van der Waals surface area contributed by atoms with Gasteiger partial charge in [-0.05, 0) is 37.3 Å². The molecule has 0 unspecified atom stereocenters. The second-order valence-corrected chi connectivity index (χ2v) is 4.39. The van der Waals surface area contributed by atoms with Crippen molar-refractivity contribution < 1.29 is 9.53 Å². The van der Waals surface area contributed by atoms with E-state index < -0.39 is 0 Å². The van der Waals surface area contributed by atoms with E-state index in [9.17, 15) is 4.79 Å². The van der Waals surface area contributed by atoms with Crippen molar-refractivity contribution in [2.24, 2.45) is 0 Å². The zero-order chi connectivity index (χ0) is 12.5. The Balaban J connectivity index is 2.15. The minimum atomic E-state index is 0.264. The molecule has 0 saturated carbocycles. The third-order valence-electron chi connectivity index (χ3n) is 2.74. The molecule has 0 heterocycles. The van der Waals surface area contributed by atoms with Crippen molar-refractivity contribution in [3.8, 4) is 0 Å². The first-order valence-electron chi connectivity index (χ1n) is 6.37. The number of carbonyl (C=O) groups is 1. The van der Waals surface area contributed by atoms with E-state index in [1.54, 1.807) is 6.92 Å². The maximum Gasteiger partial charge on any atom is 0.129 e. The highest BCUT2D eigenvalue weighted by Gasteiger charge is 1.96. The summed E-state index contributed by atoms with van der Waals surface area (Å²) < 4.78 is 5.59. The Morgan fingerprint density at radius 2 is 2.00 bits per heavy atom. The Labute approximate surface area is 104 Å². The van der Waals surface area contributed by atoms with Crippen LogP contribution < -0.4 is 0 Å². The van der Waals surface area contributed by atoms with Crippen molar-refractivity contribution in [2.75, 3.05) is 6.61 Å². The van der Waals surface area contributed by atoms with Gasteiger partial charge in [-0.15, -0.1) is 0 Å². The predicted molar refractivity (Wildman–Crippen MR) is 70.0 cm³/mol. The Morgan fingerprint density at radius 1 is 1.24 bits per heavy atom. The summed E-state index contributed by atoms with van der Waals surface area (Å²) in [4.78, 5) is 10.7. The van der Waals surface area contributed by atoms with Crippen LogP contribution in [0.1, 0.15) is 44.2 Å². The van der Waals surface area contributed by atoms with Crippen LogP contribution in [0.5, 0.6) is 0 Å². The summed E-state index contributed by atoms with van der Waals surface area (Å²) in [6.07, 6.45) is 3.64. The van der Waals surface area contributed by atoms with Gasteiger partial charge in [-0.1, -0.05) is 31.2 Å². The fraction of sp³-hybridized carbons (Fsp3) is 0.533. The number of ether oxygens (including phenoxy) is 1. The van der Waals surface area contributed by atoms with Crippen molar-refractivity contribution in [2.45, 2.75) is 46.1 Å². The lowest BCUT2D eigenvalue weighted by molar-refractivity contribution is -0.117. The number of hydrogen-bond acceptors (Lipinski definition) is 2. The molecule has 0 aliphatic carbocycles. The van der Waals surface area contributed by atoms with Crippen molar-refractivity contribution in [1.82, 2.24) is 0 Å². The van der Waals surface area contributed by atoms with E-state index in [-0.39, 0.29) is 5.78 Å². The normalized spacial score (nSPS) is 10.5. The summed E-state index contributed by atoms with van der Waals surface area (Å²) in [5, 5.41) is 0. The third-order valence-corrected chi connectivity index (χ3v) is 2.74. The number of hydrogen-bond donors (Lipinski definition) is 0. The summed E-state index contributed by atoms with van der Waals surface area (Å²) >= 11 is 0. The van der Waals surface area contributed by atoms with Gasteiger partial charge < -0.3 is 9.53 Å². The van der Waals surface area contributed by atoms with Crippen LogP contribution in [0.3, 0.4) is 0 Å². The molecule has 0 radical (unpaired) electrons. The number of rotatable bonds is 8. The van der Waals surface area contributed by atoms with E-state index in [1.807, 2.05) is 0 Å². The average molecular weight is 234 g/mol. The highest BCUT2D eigenvalue weighted by Crippen LogP contribution is 2.07. The van der Waals surface area contributed by atoms with E-state index in [0.717, 1.165) is 25.9 Å². The molecule has 0 aromatic heterocycles. The Morgan fingerprint density at radius 3 is 2.71 bits per heavy atom. The van der Waals surface area contributed by atoms with Gasteiger partial charge in [-0.25, -0.2) is 0 Å². The van der Waals surface area contributed by atoms with Gasteiger partial charge >= 0.3 is 0 Å². The SMILES string of the molecule is CCc1cccc(COCCCCC(C)=O)c1. The molecule has 1 aromatic rings. The zero-order valence-corrected chi connectivity index (χ0v) is 10.9. The van der Waals surface area contributed by atoms with Crippen LogP contribution in [0.4, 0.5) is 0 Å². The second-order valence-electron chi connectivity index (χ2n) is 4.39. The van der Waals surface area contributed by atoms with E-state index in [2.05, 4.69) is 31.2 Å². The van der Waals surface area contributed by atoms with E-state index >= 15 is 0 Å². The van der Waals surface area contributed by atoms with Crippen LogP contribution in [0.25, 0.3) is 0 Å². The van der Waals surface area contributed by atoms with Crippen LogP contribution in [0, 0.1) is 0 Å². The number of unbranched alkanes of at least 4 members (excludes halogenated alkanes) is 1. The molecule has 0 spiro atoms. The van der Waals surface area contributed by atoms with Gasteiger partial charge in [0.05, 0.1) is 6.61 Å². The maximum atomic E-state index is 10.7. The van der Waals surface area contributed by atoms with Crippen LogP contribution >= 0.6 is 0 Å². The van der Waals surface area contributed by atoms with Gasteiger partial charge in [-0.2, -0.15) is 0 Å². The number of Topliss-reactive ketones (excluding diaryl/α,β-unsaturated/α-hetero) is 1. The van der Waals surface area contributed by atoms with Gasteiger partial charge in [0.2, 0.25) is 0 Å². The lowest BCUT2D eigenvalue weighted by atomic mass is 10.1. The van der Waals surface area contributed by atoms with Crippen molar-refractivity contribution in [1.29, 1.82) is 0 Å². The molecule has 0 fully saturated rings. The monoisotopic (exact) mass is 234 g/mol. The maximum absolute atomic E-state index is 10.7. The molecule has 0 saturated heterocycles. The standard InChI is InChI=1S/C15H22O2/c1-3-14-8-6-9-15(11-14)12-17-10-5-4-7-13(2)16/h6,8-9,11H,3-5,7,10,12H2,1-2H3. The minimum absolute atomic E-state index is 0.264. The van der Waals surface area contributed by atoms with Gasteiger partial charge in [0, 0.05) is 13.0 Å². The highest BCUT2D eigenvalue weighted by molar-refractivity contribution is 5.75. The smallest absolute Gasteiger partial charge is 0.129 e. The molecule has 0 amide bonds. The summed E-state index contributed by atoms with van der Waals surface area (Å²) in [6.45, 7) is 5.20. The van der Waals surface area contributed by atoms with E-state index in [4.69, 9.17) is 4.74 Å². The molecule has 0 N–H and O–H groups in total. The van der Waals surface area contributed by atoms with E-state index in [1.165, 1.54) is 11.1 Å². The van der Waals surface area contributed by atoms with Gasteiger partial charge in [0.1, 0.15) is 5.78 Å². The number of carbonyl (C=O) groups excluding carboxylic acids is 1. The Bertz CT molecular complexity index is 345. The van der Waals surface area contributed by atoms with Gasteiger partial charge in [0.15, 0.2) is 0 Å². The van der Waals surface area contributed by atoms with Crippen LogP contribution in [0.15, 0.2) is 24.3 Å². The van der Waals surface area contributed by atoms with Crippen LogP contribution in [0.2, 0.25) is 0 Å². The molecule has 17 heavy (non-hydrogen) atoms. The number of benzene rings is 1. The quantitative estimate of drug-likeness (QED) is 0.643. The number of aryl methyl sites for hydroxylation is 1. The molecule has 1 rings (SSSR count). The summed E-state index contributed by atoms with van der Waals surface area (Å²) in [7, 11) is 0. The second kappa shape index (κ2) is 8.02. The van der Waals surface area contributed by atoms with Gasteiger partial charge in [0.25, 0.3) is 0 Å². The van der Waals surface area contributed by atoms with Crippen molar-refractivity contribution >= 4 is 5.78 Å². The first-order chi connectivity index (χ1) is 8.22. The topological polar surface area (TPSA) is 26.3 Å². The average Bonchev–Trinajstić information content (AvgIpc) is 2.33. The molecule has 94 valence electrons. The molecule has 1 aromatic carbocycles. The molecular weight excluding hydrogens is 212 g/mol. The first kappa shape index (κ1) is 13.9. The largest absolute Gasteiger partial charge is 0.377 e. The summed E-state index contributed by atoms with van der Waals surface area (Å²) in [6, 6.07) is 8.49. The predicted octanol–water partition coefficient (Wildman–Crippen LogP) is 3.52. The number of ketones is 1. The molecule has 0 atom stereocenters. The first-order valence-corrected chi connectivity index (χ1v) is 6.37. The molecule has 2 nitrogen and oxygen atoms in total. The summed E-state index contributed by atoms with van der Waals surface area (Å²) in [5.74, 6) is 0.264. The molecule has 0 bridgehead atoms. The molecule has 2 heteroatoms. The molecular formula is C15H22O2. The lowest BCUT2D eigenvalue weighted by Crippen LogP contribution is -1.98. The van der Waals surface area contributed by atoms with E-state index in [0.29, 0.717) is 13.0 Å². The fourth-order valence-electron chi connectivity index (χ4n) is 1.71. The zero-order valence-electron chi connectivity index (χ0n) is 10.9. The Hall–Kier alpha value is -1.15.